The van der Waals surface area contributed by atoms with Gasteiger partial charge in [0, 0.05) is 37.0 Å². The number of aromatic nitrogens is 1. The highest BCUT2D eigenvalue weighted by Gasteiger charge is 2.27. The number of aryl methyl sites for hydroxylation is 1. The van der Waals surface area contributed by atoms with Gasteiger partial charge in [0.05, 0.1) is 16.7 Å². The van der Waals surface area contributed by atoms with Crippen molar-refractivity contribution in [1.82, 2.24) is 10.3 Å². The van der Waals surface area contributed by atoms with Gasteiger partial charge >= 0.3 is 0 Å². The maximum Gasteiger partial charge on any atom is 0.278 e. The van der Waals surface area contributed by atoms with Crippen molar-refractivity contribution >= 4 is 5.69 Å². The SMILES string of the molecule is COC1CCCC1NCc1ncc(C)c([N+](=O)[O-])c1C. The van der Waals surface area contributed by atoms with E-state index in [1.54, 1.807) is 27.2 Å². The largest absolute Gasteiger partial charge is 0.380 e. The smallest absolute Gasteiger partial charge is 0.278 e. The third kappa shape index (κ3) is 2.96. The molecular formula is C14H21N3O3. The molecule has 20 heavy (non-hydrogen) atoms. The molecule has 0 aromatic carbocycles. The second-order valence-electron chi connectivity index (χ2n) is 5.31. The van der Waals surface area contributed by atoms with Crippen molar-refractivity contribution in [3.63, 3.8) is 0 Å². The molecule has 0 aliphatic heterocycles. The first-order valence-corrected chi connectivity index (χ1v) is 6.90. The minimum absolute atomic E-state index is 0.173. The van der Waals surface area contributed by atoms with Gasteiger partial charge in [-0.05, 0) is 33.1 Å². The molecule has 2 rings (SSSR count). The van der Waals surface area contributed by atoms with Crippen LogP contribution in [0.25, 0.3) is 0 Å². The number of rotatable bonds is 5. The molecule has 1 aromatic heterocycles. The zero-order valence-corrected chi connectivity index (χ0v) is 12.2. The van der Waals surface area contributed by atoms with Crippen LogP contribution in [0.1, 0.15) is 36.1 Å². The Hall–Kier alpha value is -1.53. The van der Waals surface area contributed by atoms with Gasteiger partial charge < -0.3 is 10.1 Å². The first kappa shape index (κ1) is 14.9. The molecule has 0 radical (unpaired) electrons. The molecule has 1 N–H and O–H groups in total. The quantitative estimate of drug-likeness (QED) is 0.661. The molecular weight excluding hydrogens is 258 g/mol. The molecule has 1 aliphatic carbocycles. The molecule has 0 amide bonds. The Kier molecular flexibility index (Phi) is 4.67. The van der Waals surface area contributed by atoms with E-state index in [1.165, 1.54) is 0 Å². The van der Waals surface area contributed by atoms with Crippen LogP contribution in [0.2, 0.25) is 0 Å². The van der Waals surface area contributed by atoms with E-state index in [-0.39, 0.29) is 16.7 Å². The molecule has 6 nitrogen and oxygen atoms in total. The van der Waals surface area contributed by atoms with E-state index in [9.17, 15) is 10.1 Å². The van der Waals surface area contributed by atoms with Gasteiger partial charge in [0.15, 0.2) is 0 Å². The summed E-state index contributed by atoms with van der Waals surface area (Å²) in [4.78, 5) is 15.1. The van der Waals surface area contributed by atoms with Crippen LogP contribution in [0.4, 0.5) is 5.69 Å². The average Bonchev–Trinajstić information content (AvgIpc) is 2.85. The second kappa shape index (κ2) is 6.28. The fraction of sp³-hybridized carbons (Fsp3) is 0.643. The third-order valence-corrected chi connectivity index (χ3v) is 4.05. The number of nitrogens with zero attached hydrogens (tertiary/aromatic N) is 2. The van der Waals surface area contributed by atoms with Crippen molar-refractivity contribution in [3.05, 3.63) is 33.1 Å². The van der Waals surface area contributed by atoms with Crippen LogP contribution in [-0.4, -0.2) is 29.2 Å². The summed E-state index contributed by atoms with van der Waals surface area (Å²) in [5.74, 6) is 0. The van der Waals surface area contributed by atoms with Crippen molar-refractivity contribution in [2.24, 2.45) is 0 Å². The van der Waals surface area contributed by atoms with E-state index in [1.807, 2.05) is 0 Å². The van der Waals surface area contributed by atoms with Crippen LogP contribution in [0.3, 0.4) is 0 Å². The van der Waals surface area contributed by atoms with Crippen LogP contribution in [0.5, 0.6) is 0 Å². The van der Waals surface area contributed by atoms with E-state index >= 15 is 0 Å². The van der Waals surface area contributed by atoms with Gasteiger partial charge in [-0.3, -0.25) is 15.1 Å². The summed E-state index contributed by atoms with van der Waals surface area (Å²) in [5, 5.41) is 14.5. The average molecular weight is 279 g/mol. The minimum atomic E-state index is -0.330. The number of nitrogens with one attached hydrogen (secondary N) is 1. The van der Waals surface area contributed by atoms with Gasteiger partial charge in [0.1, 0.15) is 0 Å². The predicted octanol–water partition coefficient (Wildman–Crippen LogP) is 2.26. The molecule has 0 saturated heterocycles. The number of ether oxygens (including phenoxy) is 1. The summed E-state index contributed by atoms with van der Waals surface area (Å²) < 4.78 is 5.43. The van der Waals surface area contributed by atoms with Crippen LogP contribution < -0.4 is 5.32 Å². The van der Waals surface area contributed by atoms with Gasteiger partial charge in [-0.15, -0.1) is 0 Å². The van der Waals surface area contributed by atoms with Crippen molar-refractivity contribution in [2.45, 2.75) is 51.8 Å². The Morgan fingerprint density at radius 3 is 2.90 bits per heavy atom. The maximum atomic E-state index is 11.1. The zero-order valence-electron chi connectivity index (χ0n) is 12.2. The molecule has 2 unspecified atom stereocenters. The first-order chi connectivity index (χ1) is 9.54. The summed E-state index contributed by atoms with van der Waals surface area (Å²) in [6, 6.07) is 0.307. The Bertz CT molecular complexity index is 505. The fourth-order valence-corrected chi connectivity index (χ4v) is 2.89. The molecule has 1 saturated carbocycles. The monoisotopic (exact) mass is 279 g/mol. The molecule has 1 fully saturated rings. The van der Waals surface area contributed by atoms with Gasteiger partial charge in [0.2, 0.25) is 0 Å². The van der Waals surface area contributed by atoms with Gasteiger partial charge in [-0.2, -0.15) is 0 Å². The summed E-state index contributed by atoms with van der Waals surface area (Å²) in [5.41, 5.74) is 2.16. The van der Waals surface area contributed by atoms with Crippen LogP contribution in [0.15, 0.2) is 6.20 Å². The number of hydrogen-bond acceptors (Lipinski definition) is 5. The number of nitro groups is 1. The van der Waals surface area contributed by atoms with Gasteiger partial charge in [-0.25, -0.2) is 0 Å². The van der Waals surface area contributed by atoms with Crippen molar-refractivity contribution < 1.29 is 9.66 Å². The Labute approximate surface area is 118 Å². The molecule has 1 aliphatic rings. The molecule has 0 bridgehead atoms. The van der Waals surface area contributed by atoms with Gasteiger partial charge in [-0.1, -0.05) is 0 Å². The summed E-state index contributed by atoms with van der Waals surface area (Å²) >= 11 is 0. The number of methoxy groups -OCH3 is 1. The fourth-order valence-electron chi connectivity index (χ4n) is 2.89. The number of hydrogen-bond donors (Lipinski definition) is 1. The second-order valence-corrected chi connectivity index (χ2v) is 5.31. The molecule has 0 spiro atoms. The topological polar surface area (TPSA) is 77.3 Å². The van der Waals surface area contributed by atoms with Crippen LogP contribution in [0, 0.1) is 24.0 Å². The Morgan fingerprint density at radius 1 is 1.50 bits per heavy atom. The lowest BCUT2D eigenvalue weighted by Gasteiger charge is -2.20. The first-order valence-electron chi connectivity index (χ1n) is 6.90. The van der Waals surface area contributed by atoms with Crippen LogP contribution >= 0.6 is 0 Å². The van der Waals surface area contributed by atoms with Crippen molar-refractivity contribution in [2.75, 3.05) is 7.11 Å². The summed E-state index contributed by atoms with van der Waals surface area (Å²) in [7, 11) is 1.73. The van der Waals surface area contributed by atoms with E-state index in [2.05, 4.69) is 10.3 Å². The maximum absolute atomic E-state index is 11.1. The molecule has 2 atom stereocenters. The lowest BCUT2D eigenvalue weighted by atomic mass is 10.1. The van der Waals surface area contributed by atoms with E-state index in [0.29, 0.717) is 23.7 Å². The predicted molar refractivity (Wildman–Crippen MR) is 75.6 cm³/mol. The summed E-state index contributed by atoms with van der Waals surface area (Å²) in [6.45, 7) is 4.02. The Balaban J connectivity index is 2.10. The molecule has 1 heterocycles. The highest BCUT2D eigenvalue weighted by atomic mass is 16.6. The minimum Gasteiger partial charge on any atom is -0.380 e. The highest BCUT2D eigenvalue weighted by molar-refractivity contribution is 5.47. The van der Waals surface area contributed by atoms with E-state index < -0.39 is 0 Å². The number of pyridine rings is 1. The van der Waals surface area contributed by atoms with Crippen LogP contribution in [-0.2, 0) is 11.3 Å². The standard InChI is InChI=1S/C14H21N3O3/c1-9-7-15-12(10(2)14(9)17(18)19)8-16-11-5-4-6-13(11)20-3/h7,11,13,16H,4-6,8H2,1-3H3. The normalized spacial score (nSPS) is 22.1. The van der Waals surface area contributed by atoms with E-state index in [0.717, 1.165) is 25.0 Å². The van der Waals surface area contributed by atoms with Gasteiger partial charge in [0.25, 0.3) is 5.69 Å². The molecule has 6 heteroatoms. The Morgan fingerprint density at radius 2 is 2.25 bits per heavy atom. The molecule has 1 aromatic rings. The van der Waals surface area contributed by atoms with Crippen molar-refractivity contribution in [1.29, 1.82) is 0 Å². The zero-order chi connectivity index (χ0) is 14.7. The van der Waals surface area contributed by atoms with Crippen molar-refractivity contribution in [3.8, 4) is 0 Å². The highest BCUT2D eigenvalue weighted by Crippen LogP contribution is 2.25. The summed E-state index contributed by atoms with van der Waals surface area (Å²) in [6.07, 6.45) is 5.09. The van der Waals surface area contributed by atoms with E-state index in [4.69, 9.17) is 4.74 Å². The lowest BCUT2D eigenvalue weighted by molar-refractivity contribution is -0.386. The molecule has 110 valence electrons. The lowest BCUT2D eigenvalue weighted by Crippen LogP contribution is -2.36. The third-order valence-electron chi connectivity index (χ3n) is 4.05.